The Balaban J connectivity index is 4.40. The van der Waals surface area contributed by atoms with Gasteiger partial charge >= 0.3 is 0 Å². The van der Waals surface area contributed by atoms with Gasteiger partial charge in [0, 0.05) is 6.54 Å². The van der Waals surface area contributed by atoms with Gasteiger partial charge in [-0.05, 0) is 25.7 Å². The minimum atomic E-state index is -3.37. The predicted molar refractivity (Wildman–Crippen MR) is 73.7 cm³/mol. The van der Waals surface area contributed by atoms with Gasteiger partial charge in [-0.3, -0.25) is 4.79 Å². The van der Waals surface area contributed by atoms with E-state index in [9.17, 15) is 13.2 Å². The highest BCUT2D eigenvalue weighted by Crippen LogP contribution is 2.06. The van der Waals surface area contributed by atoms with Crippen molar-refractivity contribution in [1.82, 2.24) is 10.0 Å². The van der Waals surface area contributed by atoms with E-state index in [1.807, 2.05) is 32.9 Å². The van der Waals surface area contributed by atoms with Gasteiger partial charge in [-0.15, -0.1) is 0 Å². The van der Waals surface area contributed by atoms with Gasteiger partial charge in [-0.1, -0.05) is 26.0 Å². The lowest BCUT2D eigenvalue weighted by Gasteiger charge is -2.18. The number of nitrogens with one attached hydrogen (secondary N) is 2. The molecule has 0 heterocycles. The van der Waals surface area contributed by atoms with Gasteiger partial charge in [0.2, 0.25) is 15.9 Å². The molecule has 0 aromatic carbocycles. The van der Waals surface area contributed by atoms with E-state index in [0.29, 0.717) is 13.0 Å². The van der Waals surface area contributed by atoms with Crippen LogP contribution in [-0.4, -0.2) is 33.2 Å². The molecule has 5 nitrogen and oxygen atoms in total. The second kappa shape index (κ2) is 8.26. The molecular formula is C12H24N2O3S. The molecule has 0 aliphatic heterocycles. The molecule has 0 aromatic heterocycles. The van der Waals surface area contributed by atoms with E-state index in [-0.39, 0.29) is 11.8 Å². The lowest BCUT2D eigenvalue weighted by atomic mass is 10.0. The van der Waals surface area contributed by atoms with Crippen LogP contribution in [0.25, 0.3) is 0 Å². The quantitative estimate of drug-likeness (QED) is 0.513. The summed E-state index contributed by atoms with van der Waals surface area (Å²) in [5.74, 6) is -0.0239. The van der Waals surface area contributed by atoms with Crippen molar-refractivity contribution >= 4 is 15.9 Å². The number of hydrogen-bond donors (Lipinski definition) is 2. The molecule has 0 rings (SSSR count). The zero-order chi connectivity index (χ0) is 14.2. The number of hydrogen-bond acceptors (Lipinski definition) is 3. The third-order valence-corrected chi connectivity index (χ3v) is 2.94. The van der Waals surface area contributed by atoms with Crippen LogP contribution in [0.2, 0.25) is 0 Å². The Labute approximate surface area is 110 Å². The number of allylic oxidation sites excluding steroid dienone is 1. The topological polar surface area (TPSA) is 75.3 Å². The minimum absolute atomic E-state index is 0.241. The zero-order valence-corrected chi connectivity index (χ0v) is 12.4. The van der Waals surface area contributed by atoms with Crippen molar-refractivity contribution in [2.75, 3.05) is 12.8 Å². The van der Waals surface area contributed by atoms with Crippen LogP contribution in [0, 0.1) is 5.92 Å². The highest BCUT2D eigenvalue weighted by Gasteiger charge is 2.22. The summed E-state index contributed by atoms with van der Waals surface area (Å²) in [6, 6.07) is -0.689. The Bertz CT molecular complexity index is 375. The summed E-state index contributed by atoms with van der Waals surface area (Å²) in [6.45, 7) is 6.33. The second-order valence-corrected chi connectivity index (χ2v) is 6.50. The molecular weight excluding hydrogens is 252 g/mol. The van der Waals surface area contributed by atoms with Gasteiger partial charge in [-0.25, -0.2) is 13.1 Å². The van der Waals surface area contributed by atoms with Crippen molar-refractivity contribution in [2.45, 2.75) is 39.7 Å². The first-order chi connectivity index (χ1) is 8.26. The van der Waals surface area contributed by atoms with Crippen LogP contribution in [0.5, 0.6) is 0 Å². The van der Waals surface area contributed by atoms with E-state index in [0.717, 1.165) is 12.7 Å². The maximum atomic E-state index is 11.9. The van der Waals surface area contributed by atoms with Crippen molar-refractivity contribution in [3.63, 3.8) is 0 Å². The molecule has 0 aromatic rings. The van der Waals surface area contributed by atoms with Crippen LogP contribution >= 0.6 is 0 Å². The van der Waals surface area contributed by atoms with E-state index in [2.05, 4.69) is 10.0 Å². The molecule has 1 amide bonds. The van der Waals surface area contributed by atoms with E-state index in [4.69, 9.17) is 0 Å². The maximum Gasteiger partial charge on any atom is 0.238 e. The molecule has 0 saturated carbocycles. The van der Waals surface area contributed by atoms with Crippen LogP contribution in [0.3, 0.4) is 0 Å². The average molecular weight is 276 g/mol. The fourth-order valence-corrected chi connectivity index (χ4v) is 2.23. The minimum Gasteiger partial charge on any atom is -0.354 e. The van der Waals surface area contributed by atoms with Crippen molar-refractivity contribution in [1.29, 1.82) is 0 Å². The monoisotopic (exact) mass is 276 g/mol. The molecule has 0 aliphatic rings. The Morgan fingerprint density at radius 2 is 1.94 bits per heavy atom. The van der Waals surface area contributed by atoms with Gasteiger partial charge < -0.3 is 5.32 Å². The van der Waals surface area contributed by atoms with Gasteiger partial charge in [0.25, 0.3) is 0 Å². The Hall–Kier alpha value is -0.880. The van der Waals surface area contributed by atoms with Crippen LogP contribution in [0.15, 0.2) is 12.2 Å². The van der Waals surface area contributed by atoms with E-state index < -0.39 is 16.1 Å². The maximum absolute atomic E-state index is 11.9. The summed E-state index contributed by atoms with van der Waals surface area (Å²) in [5.41, 5.74) is 0. The molecule has 18 heavy (non-hydrogen) atoms. The summed E-state index contributed by atoms with van der Waals surface area (Å²) in [5, 5.41) is 2.73. The first-order valence-electron chi connectivity index (χ1n) is 6.12. The van der Waals surface area contributed by atoms with E-state index in [1.165, 1.54) is 0 Å². The number of carbonyl (C=O) groups excluding carboxylic acids is 1. The van der Waals surface area contributed by atoms with Crippen LogP contribution in [0.4, 0.5) is 0 Å². The summed E-state index contributed by atoms with van der Waals surface area (Å²) in [6.07, 6.45) is 6.15. The van der Waals surface area contributed by atoms with Crippen molar-refractivity contribution in [2.24, 2.45) is 5.92 Å². The Morgan fingerprint density at radius 1 is 1.33 bits per heavy atom. The van der Waals surface area contributed by atoms with Gasteiger partial charge in [-0.2, -0.15) is 0 Å². The number of sulfonamides is 1. The largest absolute Gasteiger partial charge is 0.354 e. The van der Waals surface area contributed by atoms with Crippen LogP contribution in [-0.2, 0) is 14.8 Å². The summed E-state index contributed by atoms with van der Waals surface area (Å²) < 4.78 is 24.8. The van der Waals surface area contributed by atoms with Crippen molar-refractivity contribution in [3.8, 4) is 0 Å². The van der Waals surface area contributed by atoms with Crippen LogP contribution in [0.1, 0.15) is 33.6 Å². The molecule has 0 spiro atoms. The molecule has 2 N–H and O–H groups in total. The first-order valence-corrected chi connectivity index (χ1v) is 8.01. The number of rotatable bonds is 8. The molecule has 0 radical (unpaired) electrons. The lowest BCUT2D eigenvalue weighted by molar-refractivity contribution is -0.123. The normalized spacial score (nSPS) is 14.1. The molecule has 1 unspecified atom stereocenters. The molecule has 106 valence electrons. The molecule has 0 bridgehead atoms. The molecule has 1 atom stereocenters. The first kappa shape index (κ1) is 17.1. The van der Waals surface area contributed by atoms with Crippen LogP contribution < -0.4 is 10.0 Å². The second-order valence-electron chi connectivity index (χ2n) is 4.72. The van der Waals surface area contributed by atoms with E-state index >= 15 is 0 Å². The highest BCUT2D eigenvalue weighted by molar-refractivity contribution is 7.88. The Kier molecular flexibility index (Phi) is 7.86. The fraction of sp³-hybridized carbons (Fsp3) is 0.750. The average Bonchev–Trinajstić information content (AvgIpc) is 2.20. The molecule has 0 saturated heterocycles. The smallest absolute Gasteiger partial charge is 0.238 e. The van der Waals surface area contributed by atoms with Crippen molar-refractivity contribution < 1.29 is 13.2 Å². The van der Waals surface area contributed by atoms with E-state index in [1.54, 1.807) is 0 Å². The van der Waals surface area contributed by atoms with Gasteiger partial charge in [0.1, 0.15) is 6.04 Å². The third-order valence-electron chi connectivity index (χ3n) is 2.23. The highest BCUT2D eigenvalue weighted by atomic mass is 32.2. The van der Waals surface area contributed by atoms with Gasteiger partial charge in [0.05, 0.1) is 6.26 Å². The summed E-state index contributed by atoms with van der Waals surface area (Å²) in [4.78, 5) is 11.9. The SMILES string of the molecule is C/C=C/CCNC(=O)C(CC(C)C)NS(C)(=O)=O. The van der Waals surface area contributed by atoms with Crippen molar-refractivity contribution in [3.05, 3.63) is 12.2 Å². The molecule has 0 fully saturated rings. The number of amides is 1. The summed E-state index contributed by atoms with van der Waals surface area (Å²) >= 11 is 0. The standard InChI is InChI=1S/C12H24N2O3S/c1-5-6-7-8-13-12(15)11(9-10(2)3)14-18(4,16)17/h5-6,10-11,14H,7-9H2,1-4H3,(H,13,15)/b6-5+. The molecule has 6 heteroatoms. The summed E-state index contributed by atoms with van der Waals surface area (Å²) in [7, 11) is -3.37. The predicted octanol–water partition coefficient (Wildman–Crippen LogP) is 1.03. The molecule has 0 aliphatic carbocycles. The third kappa shape index (κ3) is 9.18. The van der Waals surface area contributed by atoms with Gasteiger partial charge in [0.15, 0.2) is 0 Å². The Morgan fingerprint density at radius 3 is 2.39 bits per heavy atom. The fourth-order valence-electron chi connectivity index (χ4n) is 1.51. The lowest BCUT2D eigenvalue weighted by Crippen LogP contribution is -2.47. The number of carbonyl (C=O) groups is 1. The zero-order valence-electron chi connectivity index (χ0n) is 11.6.